The minimum Gasteiger partial charge on any atom is -0.279 e. The summed E-state index contributed by atoms with van der Waals surface area (Å²) in [6.45, 7) is 2.30. The summed E-state index contributed by atoms with van der Waals surface area (Å²) >= 11 is 1.42. The summed E-state index contributed by atoms with van der Waals surface area (Å²) in [7, 11) is -3.56. The molecular formula is C23H20N2O3S2. The van der Waals surface area contributed by atoms with Gasteiger partial charge in [-0.3, -0.25) is 9.69 Å². The van der Waals surface area contributed by atoms with Crippen LogP contribution in [-0.4, -0.2) is 25.6 Å². The summed E-state index contributed by atoms with van der Waals surface area (Å²) in [6, 6.07) is 21.8. The Morgan fingerprint density at radius 2 is 1.70 bits per heavy atom. The smallest absolute Gasteiger partial charge is 0.261 e. The first-order valence-corrected chi connectivity index (χ1v) is 12.1. The first-order valence-electron chi connectivity index (χ1n) is 9.35. The standard InChI is InChI=1S/C23H20N2O3S2/c1-16-12-13-19-20(14-16)29-23(24-19)25(15-17-8-4-3-5-9-17)22(26)18-10-6-7-11-21(18)30(2,27)28/h3-14H,15H2,1-2H3. The fourth-order valence-corrected chi connectivity index (χ4v) is 5.18. The molecule has 0 aliphatic heterocycles. The maximum Gasteiger partial charge on any atom is 0.261 e. The van der Waals surface area contributed by atoms with Crippen molar-refractivity contribution in [1.29, 1.82) is 0 Å². The first-order chi connectivity index (χ1) is 14.3. The fourth-order valence-electron chi connectivity index (χ4n) is 3.24. The van der Waals surface area contributed by atoms with Crippen LogP contribution in [0.5, 0.6) is 0 Å². The number of aryl methyl sites for hydroxylation is 1. The molecule has 1 heterocycles. The van der Waals surface area contributed by atoms with E-state index in [1.165, 1.54) is 17.4 Å². The molecule has 1 amide bonds. The second-order valence-electron chi connectivity index (χ2n) is 7.11. The van der Waals surface area contributed by atoms with Crippen LogP contribution in [-0.2, 0) is 16.4 Å². The van der Waals surface area contributed by atoms with E-state index in [1.807, 2.05) is 55.5 Å². The largest absolute Gasteiger partial charge is 0.279 e. The number of aromatic nitrogens is 1. The Morgan fingerprint density at radius 3 is 2.43 bits per heavy atom. The number of thiazole rings is 1. The van der Waals surface area contributed by atoms with Crippen LogP contribution < -0.4 is 4.90 Å². The van der Waals surface area contributed by atoms with Crippen molar-refractivity contribution >= 4 is 42.4 Å². The predicted octanol–water partition coefficient (Wildman–Crippen LogP) is 4.86. The van der Waals surface area contributed by atoms with Crippen LogP contribution in [0.2, 0.25) is 0 Å². The van der Waals surface area contributed by atoms with Crippen molar-refractivity contribution < 1.29 is 13.2 Å². The molecule has 3 aromatic carbocycles. The van der Waals surface area contributed by atoms with Crippen LogP contribution in [0.3, 0.4) is 0 Å². The molecule has 5 nitrogen and oxygen atoms in total. The number of hydrogen-bond acceptors (Lipinski definition) is 5. The lowest BCUT2D eigenvalue weighted by molar-refractivity contribution is 0.0982. The van der Waals surface area contributed by atoms with Crippen molar-refractivity contribution in [2.45, 2.75) is 18.4 Å². The Hall–Kier alpha value is -3.03. The van der Waals surface area contributed by atoms with E-state index >= 15 is 0 Å². The second-order valence-corrected chi connectivity index (χ2v) is 10.1. The fraction of sp³-hybridized carbons (Fsp3) is 0.130. The Morgan fingerprint density at radius 1 is 1.00 bits per heavy atom. The normalized spacial score (nSPS) is 11.5. The molecule has 0 unspecified atom stereocenters. The van der Waals surface area contributed by atoms with Gasteiger partial charge in [0, 0.05) is 6.26 Å². The molecule has 0 fully saturated rings. The molecule has 0 saturated carbocycles. The number of carbonyl (C=O) groups is 1. The van der Waals surface area contributed by atoms with Gasteiger partial charge in [-0.1, -0.05) is 59.9 Å². The highest BCUT2D eigenvalue weighted by atomic mass is 32.2. The molecule has 0 atom stereocenters. The van der Waals surface area contributed by atoms with E-state index in [0.717, 1.165) is 27.6 Å². The number of nitrogens with zero attached hydrogens (tertiary/aromatic N) is 2. The molecule has 0 aliphatic carbocycles. The molecule has 4 aromatic rings. The SMILES string of the molecule is Cc1ccc2nc(N(Cc3ccccc3)C(=O)c3ccccc3S(C)(=O)=O)sc2c1. The van der Waals surface area contributed by atoms with Gasteiger partial charge in [-0.25, -0.2) is 13.4 Å². The van der Waals surface area contributed by atoms with Gasteiger partial charge in [0.15, 0.2) is 15.0 Å². The molecule has 0 aliphatic rings. The highest BCUT2D eigenvalue weighted by Crippen LogP contribution is 2.32. The summed E-state index contributed by atoms with van der Waals surface area (Å²) in [5, 5.41) is 0.535. The van der Waals surface area contributed by atoms with Crippen molar-refractivity contribution in [2.24, 2.45) is 0 Å². The summed E-state index contributed by atoms with van der Waals surface area (Å²) in [6.07, 6.45) is 1.11. The van der Waals surface area contributed by atoms with E-state index in [-0.39, 0.29) is 17.0 Å². The van der Waals surface area contributed by atoms with Crippen molar-refractivity contribution in [3.05, 3.63) is 89.5 Å². The lowest BCUT2D eigenvalue weighted by Gasteiger charge is -2.21. The van der Waals surface area contributed by atoms with Crippen molar-refractivity contribution in [2.75, 3.05) is 11.2 Å². The average molecular weight is 437 g/mol. The third-order valence-electron chi connectivity index (χ3n) is 4.71. The lowest BCUT2D eigenvalue weighted by atomic mass is 10.1. The first kappa shape index (κ1) is 20.3. The van der Waals surface area contributed by atoms with Gasteiger partial charge in [-0.2, -0.15) is 0 Å². The third kappa shape index (κ3) is 4.13. The maximum absolute atomic E-state index is 13.6. The summed E-state index contributed by atoms with van der Waals surface area (Å²) < 4.78 is 25.5. The second kappa shape index (κ2) is 8.01. The molecule has 4 rings (SSSR count). The van der Waals surface area contributed by atoms with Crippen molar-refractivity contribution in [3.8, 4) is 0 Å². The summed E-state index contributed by atoms with van der Waals surface area (Å²) in [5.41, 5.74) is 2.99. The number of rotatable bonds is 5. The third-order valence-corrected chi connectivity index (χ3v) is 6.91. The minimum absolute atomic E-state index is 0.0185. The van der Waals surface area contributed by atoms with Crippen LogP contribution in [0.25, 0.3) is 10.2 Å². The number of amides is 1. The Labute approximate surface area is 179 Å². The van der Waals surface area contributed by atoms with Gasteiger partial charge in [-0.15, -0.1) is 0 Å². The molecule has 0 radical (unpaired) electrons. The van der Waals surface area contributed by atoms with E-state index in [9.17, 15) is 13.2 Å². The number of sulfone groups is 1. The Balaban J connectivity index is 1.84. The van der Waals surface area contributed by atoms with E-state index in [4.69, 9.17) is 0 Å². The van der Waals surface area contributed by atoms with E-state index in [0.29, 0.717) is 5.13 Å². The maximum atomic E-state index is 13.6. The van der Waals surface area contributed by atoms with E-state index < -0.39 is 15.7 Å². The molecule has 0 bridgehead atoms. The number of fused-ring (bicyclic) bond motifs is 1. The summed E-state index contributed by atoms with van der Waals surface area (Å²) in [5.74, 6) is -0.393. The molecule has 0 N–H and O–H groups in total. The van der Waals surface area contributed by atoms with Crippen LogP contribution in [0.1, 0.15) is 21.5 Å². The number of anilines is 1. The summed E-state index contributed by atoms with van der Waals surface area (Å²) in [4.78, 5) is 19.8. The van der Waals surface area contributed by atoms with Crippen LogP contribution in [0, 0.1) is 6.92 Å². The lowest BCUT2D eigenvalue weighted by Crippen LogP contribution is -2.31. The van der Waals surface area contributed by atoms with Gasteiger partial charge in [0.25, 0.3) is 5.91 Å². The van der Waals surface area contributed by atoms with Crippen LogP contribution in [0.15, 0.2) is 77.7 Å². The number of carbonyl (C=O) groups excluding carboxylic acids is 1. The quantitative estimate of drug-likeness (QED) is 0.448. The minimum atomic E-state index is -3.56. The number of benzene rings is 3. The highest BCUT2D eigenvalue weighted by Gasteiger charge is 2.26. The van der Waals surface area contributed by atoms with Gasteiger partial charge in [0.1, 0.15) is 0 Å². The van der Waals surface area contributed by atoms with Gasteiger partial charge in [0.2, 0.25) is 0 Å². The van der Waals surface area contributed by atoms with Gasteiger partial charge in [-0.05, 0) is 42.3 Å². The zero-order valence-electron chi connectivity index (χ0n) is 16.6. The predicted molar refractivity (Wildman–Crippen MR) is 121 cm³/mol. The van der Waals surface area contributed by atoms with Gasteiger partial charge in [0.05, 0.1) is 27.2 Å². The van der Waals surface area contributed by atoms with E-state index in [2.05, 4.69) is 4.98 Å². The van der Waals surface area contributed by atoms with Gasteiger partial charge >= 0.3 is 0 Å². The van der Waals surface area contributed by atoms with Crippen molar-refractivity contribution in [3.63, 3.8) is 0 Å². The molecule has 30 heavy (non-hydrogen) atoms. The molecule has 1 aromatic heterocycles. The molecule has 0 spiro atoms. The number of hydrogen-bond donors (Lipinski definition) is 0. The van der Waals surface area contributed by atoms with Crippen LogP contribution in [0.4, 0.5) is 5.13 Å². The van der Waals surface area contributed by atoms with Gasteiger partial charge < -0.3 is 0 Å². The van der Waals surface area contributed by atoms with E-state index in [1.54, 1.807) is 23.1 Å². The molecule has 7 heteroatoms. The van der Waals surface area contributed by atoms with Crippen LogP contribution >= 0.6 is 11.3 Å². The highest BCUT2D eigenvalue weighted by molar-refractivity contribution is 7.90. The van der Waals surface area contributed by atoms with Crippen molar-refractivity contribution in [1.82, 2.24) is 4.98 Å². The molecular weight excluding hydrogens is 416 g/mol. The monoisotopic (exact) mass is 436 g/mol. The Kier molecular flexibility index (Phi) is 5.40. The zero-order valence-corrected chi connectivity index (χ0v) is 18.2. The molecule has 152 valence electrons. The zero-order chi connectivity index (χ0) is 21.3. The molecule has 0 saturated heterocycles. The average Bonchev–Trinajstić information content (AvgIpc) is 3.14. The Bertz CT molecular complexity index is 1330. The topological polar surface area (TPSA) is 67.3 Å².